The van der Waals surface area contributed by atoms with E-state index in [4.69, 9.17) is 0 Å². The molecule has 1 saturated carbocycles. The van der Waals surface area contributed by atoms with Crippen LogP contribution in [0.15, 0.2) is 40.3 Å². The Kier molecular flexibility index (Phi) is 6.83. The molecule has 0 saturated heterocycles. The molecule has 0 radical (unpaired) electrons. The number of amides is 1. The van der Waals surface area contributed by atoms with Crippen molar-refractivity contribution in [1.82, 2.24) is 24.1 Å². The summed E-state index contributed by atoms with van der Waals surface area (Å²) in [6.45, 7) is 4.69. The van der Waals surface area contributed by atoms with E-state index in [1.54, 1.807) is 9.36 Å². The van der Waals surface area contributed by atoms with Crippen molar-refractivity contribution >= 4 is 23.4 Å². The van der Waals surface area contributed by atoms with Gasteiger partial charge < -0.3 is 9.88 Å². The quantitative estimate of drug-likeness (QED) is 0.548. The molecule has 1 amide bonds. The molecule has 0 aliphatic heterocycles. The van der Waals surface area contributed by atoms with E-state index in [0.29, 0.717) is 17.3 Å². The van der Waals surface area contributed by atoms with Crippen molar-refractivity contribution in [3.8, 4) is 5.69 Å². The number of nitrogens with zero attached hydrogens (tertiary/aromatic N) is 5. The molecule has 1 aliphatic carbocycles. The number of anilines is 1. The number of hydrogen-bond acceptors (Lipinski definition) is 5. The van der Waals surface area contributed by atoms with Gasteiger partial charge in [0, 0.05) is 19.5 Å². The van der Waals surface area contributed by atoms with E-state index in [9.17, 15) is 9.59 Å². The van der Waals surface area contributed by atoms with E-state index in [1.165, 1.54) is 31.0 Å². The standard InChI is InChI=1S/C23H30N6O2S/c1-4-28-21(17-11-7-5-8-12-17)25-26-23(28)32-15-19(30)24-20-16(2)27(3)29(22(20)31)18-13-9-6-10-14-18/h6,9-10,13-14,17H,4-5,7-8,11-12,15H2,1-3H3,(H,24,30). The van der Waals surface area contributed by atoms with Gasteiger partial charge in [0.1, 0.15) is 11.5 Å². The smallest absolute Gasteiger partial charge is 0.295 e. The lowest BCUT2D eigenvalue weighted by Crippen LogP contribution is -2.23. The molecular formula is C23H30N6O2S. The summed E-state index contributed by atoms with van der Waals surface area (Å²) in [5, 5.41) is 12.4. The third kappa shape index (κ3) is 4.39. The zero-order chi connectivity index (χ0) is 22.7. The summed E-state index contributed by atoms with van der Waals surface area (Å²) in [6.07, 6.45) is 6.09. The molecule has 4 rings (SSSR count). The van der Waals surface area contributed by atoms with E-state index in [0.717, 1.165) is 36.1 Å². The van der Waals surface area contributed by atoms with E-state index >= 15 is 0 Å². The SMILES string of the molecule is CCn1c(SCC(=O)Nc2c(C)n(C)n(-c3ccccc3)c2=O)nnc1C1CCCCC1. The highest BCUT2D eigenvalue weighted by atomic mass is 32.2. The van der Waals surface area contributed by atoms with E-state index in [1.807, 2.05) is 44.3 Å². The average Bonchev–Trinajstić information content (AvgIpc) is 3.33. The van der Waals surface area contributed by atoms with Crippen molar-refractivity contribution < 1.29 is 4.79 Å². The minimum absolute atomic E-state index is 0.169. The minimum Gasteiger partial charge on any atom is -0.319 e. The number of aromatic nitrogens is 5. The molecule has 0 bridgehead atoms. The first kappa shape index (κ1) is 22.4. The lowest BCUT2D eigenvalue weighted by molar-refractivity contribution is -0.113. The van der Waals surface area contributed by atoms with Gasteiger partial charge in [-0.2, -0.15) is 0 Å². The number of thioether (sulfide) groups is 1. The average molecular weight is 455 g/mol. The summed E-state index contributed by atoms with van der Waals surface area (Å²) >= 11 is 1.36. The molecular weight excluding hydrogens is 424 g/mol. The van der Waals surface area contributed by atoms with Crippen molar-refractivity contribution in [3.05, 3.63) is 52.2 Å². The van der Waals surface area contributed by atoms with Gasteiger partial charge in [-0.05, 0) is 38.8 Å². The molecule has 1 N–H and O–H groups in total. The van der Waals surface area contributed by atoms with E-state index < -0.39 is 0 Å². The fourth-order valence-corrected chi connectivity index (χ4v) is 5.19. The Hall–Kier alpha value is -2.81. The lowest BCUT2D eigenvalue weighted by Gasteiger charge is -2.21. The molecule has 9 heteroatoms. The third-order valence-corrected chi connectivity index (χ3v) is 7.15. The first-order valence-electron chi connectivity index (χ1n) is 11.2. The number of para-hydroxylation sites is 1. The molecule has 32 heavy (non-hydrogen) atoms. The fourth-order valence-electron chi connectivity index (χ4n) is 4.38. The second kappa shape index (κ2) is 9.77. The van der Waals surface area contributed by atoms with E-state index in [-0.39, 0.29) is 17.2 Å². The van der Waals surface area contributed by atoms with Gasteiger partial charge in [0.05, 0.1) is 17.1 Å². The first-order chi connectivity index (χ1) is 15.5. The van der Waals surface area contributed by atoms with Gasteiger partial charge >= 0.3 is 0 Å². The Morgan fingerprint density at radius 3 is 2.56 bits per heavy atom. The van der Waals surface area contributed by atoms with E-state index in [2.05, 4.69) is 27.0 Å². The number of carbonyl (C=O) groups is 1. The van der Waals surface area contributed by atoms with Gasteiger partial charge in [-0.15, -0.1) is 10.2 Å². The lowest BCUT2D eigenvalue weighted by atomic mass is 9.89. The second-order valence-electron chi connectivity index (χ2n) is 8.19. The predicted molar refractivity (Wildman–Crippen MR) is 127 cm³/mol. The van der Waals surface area contributed by atoms with Crippen LogP contribution in [0.1, 0.15) is 56.5 Å². The van der Waals surface area contributed by atoms with Gasteiger partial charge in [0.25, 0.3) is 5.56 Å². The summed E-state index contributed by atoms with van der Waals surface area (Å²) < 4.78 is 5.44. The topological polar surface area (TPSA) is 86.7 Å². The largest absolute Gasteiger partial charge is 0.319 e. The van der Waals surface area contributed by atoms with Crippen molar-refractivity contribution in [2.45, 2.75) is 63.6 Å². The molecule has 0 spiro atoms. The molecule has 0 unspecified atom stereocenters. The van der Waals surface area contributed by atoms with Crippen LogP contribution in [-0.4, -0.2) is 35.8 Å². The fraction of sp³-hybridized carbons (Fsp3) is 0.478. The second-order valence-corrected chi connectivity index (χ2v) is 9.14. The van der Waals surface area contributed by atoms with Crippen molar-refractivity contribution in [3.63, 3.8) is 0 Å². The number of benzene rings is 1. The highest BCUT2D eigenvalue weighted by Crippen LogP contribution is 2.33. The van der Waals surface area contributed by atoms with Crippen LogP contribution in [0.5, 0.6) is 0 Å². The van der Waals surface area contributed by atoms with Gasteiger partial charge in [0.2, 0.25) is 5.91 Å². The number of hydrogen-bond donors (Lipinski definition) is 1. The maximum Gasteiger partial charge on any atom is 0.295 e. The van der Waals surface area contributed by atoms with Crippen molar-refractivity contribution in [2.75, 3.05) is 11.1 Å². The van der Waals surface area contributed by atoms with Gasteiger partial charge in [-0.1, -0.05) is 49.2 Å². The summed E-state index contributed by atoms with van der Waals surface area (Å²) in [7, 11) is 1.81. The Morgan fingerprint density at radius 2 is 1.88 bits per heavy atom. The molecule has 2 aromatic heterocycles. The van der Waals surface area contributed by atoms with Crippen LogP contribution in [0.3, 0.4) is 0 Å². The minimum atomic E-state index is -0.245. The Bertz CT molecular complexity index is 1140. The Labute approximate surface area is 192 Å². The number of rotatable bonds is 7. The molecule has 1 aliphatic rings. The molecule has 3 aromatic rings. The molecule has 0 atom stereocenters. The summed E-state index contributed by atoms with van der Waals surface area (Å²) in [5.41, 5.74) is 1.52. The number of nitrogens with one attached hydrogen (secondary N) is 1. The molecule has 2 heterocycles. The van der Waals surface area contributed by atoms with Crippen molar-refractivity contribution in [2.24, 2.45) is 7.05 Å². The summed E-state index contributed by atoms with van der Waals surface area (Å²) in [5.74, 6) is 1.44. The summed E-state index contributed by atoms with van der Waals surface area (Å²) in [4.78, 5) is 25.7. The van der Waals surface area contributed by atoms with Crippen LogP contribution < -0.4 is 10.9 Å². The predicted octanol–water partition coefficient (Wildman–Crippen LogP) is 3.87. The molecule has 1 aromatic carbocycles. The van der Waals surface area contributed by atoms with Crippen LogP contribution in [0.2, 0.25) is 0 Å². The highest BCUT2D eigenvalue weighted by Gasteiger charge is 2.24. The van der Waals surface area contributed by atoms with Gasteiger partial charge in [-0.25, -0.2) is 4.68 Å². The van der Waals surface area contributed by atoms with Crippen molar-refractivity contribution in [1.29, 1.82) is 0 Å². The molecule has 8 nitrogen and oxygen atoms in total. The third-order valence-electron chi connectivity index (χ3n) is 6.18. The van der Waals surface area contributed by atoms with Crippen LogP contribution in [0.25, 0.3) is 5.69 Å². The molecule has 170 valence electrons. The maximum atomic E-state index is 13.0. The first-order valence-corrected chi connectivity index (χ1v) is 12.2. The Morgan fingerprint density at radius 1 is 1.16 bits per heavy atom. The summed E-state index contributed by atoms with van der Waals surface area (Å²) in [6, 6.07) is 9.39. The zero-order valence-corrected chi connectivity index (χ0v) is 19.7. The Balaban J connectivity index is 1.46. The zero-order valence-electron chi connectivity index (χ0n) is 18.9. The normalized spacial score (nSPS) is 14.6. The van der Waals surface area contributed by atoms with Gasteiger partial charge in [-0.3, -0.25) is 14.3 Å². The van der Waals surface area contributed by atoms with Crippen LogP contribution in [0.4, 0.5) is 5.69 Å². The van der Waals surface area contributed by atoms with Crippen LogP contribution in [0, 0.1) is 6.92 Å². The molecule has 1 fully saturated rings. The highest BCUT2D eigenvalue weighted by molar-refractivity contribution is 7.99. The number of carbonyl (C=O) groups excluding carboxylic acids is 1. The van der Waals surface area contributed by atoms with Crippen LogP contribution >= 0.6 is 11.8 Å². The maximum absolute atomic E-state index is 13.0. The van der Waals surface area contributed by atoms with Crippen LogP contribution in [-0.2, 0) is 18.4 Å². The monoisotopic (exact) mass is 454 g/mol. The van der Waals surface area contributed by atoms with Gasteiger partial charge in [0.15, 0.2) is 5.16 Å².